The average molecular weight is 443 g/mol. The van der Waals surface area contributed by atoms with Gasteiger partial charge in [-0.3, -0.25) is 10.1 Å². The van der Waals surface area contributed by atoms with E-state index in [4.69, 9.17) is 4.98 Å². The number of hydrogen-bond donors (Lipinski definition) is 2. The van der Waals surface area contributed by atoms with Gasteiger partial charge >= 0.3 is 0 Å². The van der Waals surface area contributed by atoms with Crippen molar-refractivity contribution < 1.29 is 9.50 Å². The molecule has 0 saturated heterocycles. The van der Waals surface area contributed by atoms with E-state index in [1.165, 1.54) is 0 Å². The molecule has 4 rings (SSSR count). The molecule has 0 aliphatic heterocycles. The van der Waals surface area contributed by atoms with Crippen molar-refractivity contribution in [1.82, 2.24) is 20.2 Å². The fraction of sp³-hybridized carbons (Fsp3) is 0.222. The molecule has 6 heteroatoms. The summed E-state index contributed by atoms with van der Waals surface area (Å²) in [6.07, 6.45) is 3.71. The highest BCUT2D eigenvalue weighted by Gasteiger charge is 2.36. The minimum absolute atomic E-state index is 0.0768. The molecule has 1 aromatic carbocycles. The highest BCUT2D eigenvalue weighted by Crippen LogP contribution is 2.42. The smallest absolute Gasteiger partial charge is 0.181 e. The Morgan fingerprint density at radius 2 is 1.97 bits per heavy atom. The molecular formula is C27H27FN4O. The van der Waals surface area contributed by atoms with E-state index >= 15 is 4.39 Å². The Morgan fingerprint density at radius 3 is 2.70 bits per heavy atom. The topological polar surface area (TPSA) is 74.7 Å². The molecular weight excluding hydrogens is 415 g/mol. The van der Waals surface area contributed by atoms with Gasteiger partial charge in [-0.1, -0.05) is 49.1 Å². The summed E-state index contributed by atoms with van der Waals surface area (Å²) in [6.45, 7) is 9.30. The molecule has 168 valence electrons. The molecule has 0 radical (unpaired) electrons. The van der Waals surface area contributed by atoms with Crippen molar-refractivity contribution in [1.29, 1.82) is 0 Å². The minimum Gasteiger partial charge on any atom is -0.388 e. The number of aryl methyl sites for hydroxylation is 1. The van der Waals surface area contributed by atoms with Crippen LogP contribution in [-0.4, -0.2) is 25.3 Å². The highest BCUT2D eigenvalue weighted by atomic mass is 19.1. The second-order valence-electron chi connectivity index (χ2n) is 8.21. The first-order chi connectivity index (χ1) is 15.9. The number of H-pyrrole nitrogens is 1. The Labute approximate surface area is 192 Å². The van der Waals surface area contributed by atoms with Gasteiger partial charge in [0.15, 0.2) is 11.3 Å². The number of halogens is 1. The van der Waals surface area contributed by atoms with Gasteiger partial charge in [-0.2, -0.15) is 5.10 Å². The lowest BCUT2D eigenvalue weighted by molar-refractivity contribution is 0.167. The van der Waals surface area contributed by atoms with E-state index < -0.39 is 11.8 Å². The average Bonchev–Trinajstić information content (AvgIpc) is 3.27. The van der Waals surface area contributed by atoms with Crippen LogP contribution in [0.3, 0.4) is 0 Å². The van der Waals surface area contributed by atoms with Crippen LogP contribution >= 0.6 is 0 Å². The summed E-state index contributed by atoms with van der Waals surface area (Å²) < 4.78 is 16.3. The Morgan fingerprint density at radius 1 is 1.18 bits per heavy atom. The van der Waals surface area contributed by atoms with E-state index in [0.29, 0.717) is 41.0 Å². The number of alkyl halides is 1. The number of nitrogens with one attached hydrogen (secondary N) is 1. The Balaban J connectivity index is 1.77. The number of benzene rings is 1. The number of aliphatic hydroxyl groups excluding tert-OH is 1. The number of aromatic amines is 1. The maximum absolute atomic E-state index is 16.3. The zero-order valence-corrected chi connectivity index (χ0v) is 18.6. The molecule has 0 saturated carbocycles. The normalized spacial score (nSPS) is 14.0. The van der Waals surface area contributed by atoms with Gasteiger partial charge in [-0.15, -0.1) is 6.58 Å². The quantitative estimate of drug-likeness (QED) is 0.312. The number of rotatable bonds is 9. The predicted molar refractivity (Wildman–Crippen MR) is 129 cm³/mol. The lowest BCUT2D eigenvalue weighted by atomic mass is 9.84. The highest BCUT2D eigenvalue weighted by molar-refractivity contribution is 5.90. The van der Waals surface area contributed by atoms with Crippen molar-refractivity contribution in [2.45, 2.75) is 38.0 Å². The van der Waals surface area contributed by atoms with E-state index in [1.807, 2.05) is 48.5 Å². The van der Waals surface area contributed by atoms with E-state index in [9.17, 15) is 5.11 Å². The molecule has 0 fully saturated rings. The van der Waals surface area contributed by atoms with Crippen LogP contribution in [0.4, 0.5) is 4.39 Å². The Hall–Kier alpha value is -3.64. The van der Waals surface area contributed by atoms with Crippen LogP contribution < -0.4 is 0 Å². The number of hydrogen-bond acceptors (Lipinski definition) is 4. The fourth-order valence-electron chi connectivity index (χ4n) is 4.02. The van der Waals surface area contributed by atoms with Crippen molar-refractivity contribution in [2.75, 3.05) is 0 Å². The van der Waals surface area contributed by atoms with Crippen LogP contribution in [0.15, 0.2) is 85.6 Å². The largest absolute Gasteiger partial charge is 0.388 e. The zero-order chi connectivity index (χ0) is 23.4. The van der Waals surface area contributed by atoms with E-state index in [-0.39, 0.29) is 6.42 Å². The Kier molecular flexibility index (Phi) is 6.47. The van der Waals surface area contributed by atoms with Crippen LogP contribution in [-0.2, 0) is 12.1 Å². The van der Waals surface area contributed by atoms with Crippen molar-refractivity contribution in [3.63, 3.8) is 0 Å². The van der Waals surface area contributed by atoms with Gasteiger partial charge in [0.05, 0.1) is 17.5 Å². The Bertz CT molecular complexity index is 1280. The molecule has 0 bridgehead atoms. The molecule has 3 aromatic heterocycles. The lowest BCUT2D eigenvalue weighted by Gasteiger charge is -2.27. The summed E-state index contributed by atoms with van der Waals surface area (Å²) in [6, 6.07) is 16.8. The van der Waals surface area contributed by atoms with E-state index in [0.717, 1.165) is 16.6 Å². The number of allylic oxidation sites excluding steroid dienone is 2. The summed E-state index contributed by atoms with van der Waals surface area (Å²) in [4.78, 5) is 9.11. The molecule has 3 heterocycles. The number of aliphatic hydroxyl groups is 1. The fourth-order valence-corrected chi connectivity index (χ4v) is 4.02. The number of pyridine rings is 2. The predicted octanol–water partition coefficient (Wildman–Crippen LogP) is 6.00. The zero-order valence-electron chi connectivity index (χ0n) is 18.6. The number of aromatic nitrogens is 4. The summed E-state index contributed by atoms with van der Waals surface area (Å²) in [5, 5.41) is 18.6. The first kappa shape index (κ1) is 22.6. The molecule has 0 amide bonds. The van der Waals surface area contributed by atoms with Gasteiger partial charge in [0.2, 0.25) is 0 Å². The van der Waals surface area contributed by atoms with Crippen molar-refractivity contribution in [3.8, 4) is 11.4 Å². The van der Waals surface area contributed by atoms with Gasteiger partial charge < -0.3 is 5.11 Å². The molecule has 33 heavy (non-hydrogen) atoms. The first-order valence-electron chi connectivity index (χ1n) is 10.9. The van der Waals surface area contributed by atoms with Gasteiger partial charge in [0, 0.05) is 29.3 Å². The maximum atomic E-state index is 16.3. The molecule has 0 spiro atoms. The van der Waals surface area contributed by atoms with Crippen LogP contribution in [0.1, 0.15) is 42.7 Å². The second kappa shape index (κ2) is 9.46. The summed E-state index contributed by atoms with van der Waals surface area (Å²) in [5.41, 5.74) is 2.15. The second-order valence-corrected chi connectivity index (χ2v) is 8.21. The molecule has 2 unspecified atom stereocenters. The standard InChI is InChI=1S/C27H27FN4O/c1-4-16-27(28,18(2)3)22-14-12-20(13-15-23(33)19-9-6-5-7-10-19)30-25(22)24-21-11-8-17-29-26(21)32-31-24/h4-12,14,17,23,33H,1-2,13,15-16H2,3H3,(H,29,31,32). The lowest BCUT2D eigenvalue weighted by Crippen LogP contribution is -2.22. The molecule has 5 nitrogen and oxygen atoms in total. The third-order valence-corrected chi connectivity index (χ3v) is 5.91. The molecule has 2 N–H and O–H groups in total. The molecule has 0 aliphatic rings. The van der Waals surface area contributed by atoms with E-state index in [2.05, 4.69) is 28.3 Å². The van der Waals surface area contributed by atoms with Gasteiger partial charge in [-0.05, 0) is 49.1 Å². The van der Waals surface area contributed by atoms with Crippen LogP contribution in [0.5, 0.6) is 0 Å². The van der Waals surface area contributed by atoms with Crippen molar-refractivity contribution >= 4 is 11.0 Å². The molecule has 0 aliphatic carbocycles. The first-order valence-corrected chi connectivity index (χ1v) is 10.9. The third-order valence-electron chi connectivity index (χ3n) is 5.91. The summed E-state index contributed by atoms with van der Waals surface area (Å²) in [7, 11) is 0. The van der Waals surface area contributed by atoms with Crippen LogP contribution in [0, 0.1) is 0 Å². The van der Waals surface area contributed by atoms with Gasteiger partial charge in [-0.25, -0.2) is 9.37 Å². The van der Waals surface area contributed by atoms with Gasteiger partial charge in [0.25, 0.3) is 0 Å². The monoisotopic (exact) mass is 442 g/mol. The minimum atomic E-state index is -1.83. The summed E-state index contributed by atoms with van der Waals surface area (Å²) >= 11 is 0. The molecule has 2 atom stereocenters. The number of fused-ring (bicyclic) bond motifs is 1. The SMILES string of the molecule is C=CCC(F)(C(=C)C)c1ccc(CCC(O)c2ccccc2)nc1-c1[nH]nc2ncccc12. The van der Waals surface area contributed by atoms with Crippen LogP contribution in [0.2, 0.25) is 0 Å². The summed E-state index contributed by atoms with van der Waals surface area (Å²) in [5.74, 6) is 0. The van der Waals surface area contributed by atoms with Crippen molar-refractivity contribution in [2.24, 2.45) is 0 Å². The third kappa shape index (κ3) is 4.47. The number of nitrogens with zero attached hydrogens (tertiary/aromatic N) is 3. The van der Waals surface area contributed by atoms with Gasteiger partial charge in [0.1, 0.15) is 0 Å². The van der Waals surface area contributed by atoms with Crippen molar-refractivity contribution in [3.05, 3.63) is 102 Å². The molecule has 4 aromatic rings. The maximum Gasteiger partial charge on any atom is 0.181 e. The van der Waals surface area contributed by atoms with Crippen LogP contribution in [0.25, 0.3) is 22.4 Å². The van der Waals surface area contributed by atoms with E-state index in [1.54, 1.807) is 25.3 Å².